The van der Waals surface area contributed by atoms with Gasteiger partial charge in [-0.15, -0.1) is 11.3 Å². The van der Waals surface area contributed by atoms with E-state index in [0.29, 0.717) is 27.7 Å². The Morgan fingerprint density at radius 1 is 1.13 bits per heavy atom. The minimum atomic E-state index is -3.47. The van der Waals surface area contributed by atoms with Crippen molar-refractivity contribution in [2.24, 2.45) is 0 Å². The highest BCUT2D eigenvalue weighted by atomic mass is 35.5. The van der Waals surface area contributed by atoms with E-state index in [1.807, 2.05) is 13.8 Å². The second kappa shape index (κ2) is 8.99. The van der Waals surface area contributed by atoms with Gasteiger partial charge in [0.05, 0.1) is 35.3 Å². The molecule has 0 aliphatic rings. The smallest absolute Gasteiger partial charge is 0.265 e. The Kier molecular flexibility index (Phi) is 6.59. The summed E-state index contributed by atoms with van der Waals surface area (Å²) >= 11 is 7.26. The van der Waals surface area contributed by atoms with E-state index in [-0.39, 0.29) is 22.7 Å². The fourth-order valence-corrected chi connectivity index (χ4v) is 4.06. The fourth-order valence-electron chi connectivity index (χ4n) is 2.50. The van der Waals surface area contributed by atoms with Gasteiger partial charge in [-0.1, -0.05) is 11.6 Å². The Morgan fingerprint density at radius 3 is 2.43 bits per heavy atom. The van der Waals surface area contributed by atoms with Gasteiger partial charge < -0.3 is 10.1 Å². The summed E-state index contributed by atoms with van der Waals surface area (Å²) in [5.74, 6) is 0.684. The summed E-state index contributed by atoms with van der Waals surface area (Å²) in [5.41, 5.74) is 1.32. The van der Waals surface area contributed by atoms with Crippen molar-refractivity contribution in [2.75, 3.05) is 16.3 Å². The molecule has 3 rings (SSSR count). The normalized spacial score (nSPS) is 11.4. The largest absolute Gasteiger partial charge is 0.488 e. The number of halogens is 1. The van der Waals surface area contributed by atoms with Crippen molar-refractivity contribution >= 4 is 50.2 Å². The van der Waals surface area contributed by atoms with Gasteiger partial charge in [0.1, 0.15) is 0 Å². The summed E-state index contributed by atoms with van der Waals surface area (Å²) in [6, 6.07) is 6.14. The Morgan fingerprint density at radius 2 is 1.80 bits per heavy atom. The quantitative estimate of drug-likeness (QED) is 0.538. The van der Waals surface area contributed by atoms with Gasteiger partial charge in [-0.3, -0.25) is 9.52 Å². The highest BCUT2D eigenvalue weighted by Crippen LogP contribution is 2.27. The molecule has 0 aliphatic carbocycles. The van der Waals surface area contributed by atoms with Crippen LogP contribution in [0.2, 0.25) is 5.02 Å². The van der Waals surface area contributed by atoms with Crippen molar-refractivity contribution < 1.29 is 17.9 Å². The molecule has 158 valence electrons. The first-order valence-electron chi connectivity index (χ1n) is 8.76. The molecule has 1 amide bonds. The predicted octanol–water partition coefficient (Wildman–Crippen LogP) is 4.27. The number of rotatable bonds is 7. The van der Waals surface area contributed by atoms with Crippen LogP contribution in [-0.4, -0.2) is 36.7 Å². The molecule has 2 N–H and O–H groups in total. The molecule has 2 aromatic heterocycles. The van der Waals surface area contributed by atoms with Crippen LogP contribution in [0.5, 0.6) is 5.75 Å². The van der Waals surface area contributed by atoms with Crippen molar-refractivity contribution in [1.29, 1.82) is 0 Å². The molecule has 8 nitrogen and oxygen atoms in total. The number of hydrogen-bond donors (Lipinski definition) is 2. The van der Waals surface area contributed by atoms with E-state index in [1.165, 1.54) is 29.5 Å². The van der Waals surface area contributed by atoms with Crippen LogP contribution in [0.15, 0.2) is 42.0 Å². The maximum Gasteiger partial charge on any atom is 0.265 e. The van der Waals surface area contributed by atoms with Gasteiger partial charge in [-0.25, -0.2) is 18.4 Å². The second-order valence-corrected chi connectivity index (χ2v) is 9.76. The molecule has 11 heteroatoms. The van der Waals surface area contributed by atoms with Crippen LogP contribution in [-0.2, 0) is 10.0 Å². The van der Waals surface area contributed by atoms with Crippen LogP contribution in [0.3, 0.4) is 0 Å². The van der Waals surface area contributed by atoms with Crippen molar-refractivity contribution in [3.8, 4) is 17.1 Å². The number of carbonyl (C=O) groups is 1. The zero-order chi connectivity index (χ0) is 21.9. The number of anilines is 2. The molecular weight excluding hydrogens is 448 g/mol. The summed E-state index contributed by atoms with van der Waals surface area (Å²) in [6.07, 6.45) is 4.22. The lowest BCUT2D eigenvalue weighted by Crippen LogP contribution is -2.12. The lowest BCUT2D eigenvalue weighted by molar-refractivity contribution is 0.103. The number of carbonyl (C=O) groups excluding carboxylic acids is 1. The number of thiophene rings is 1. The van der Waals surface area contributed by atoms with E-state index < -0.39 is 10.0 Å². The summed E-state index contributed by atoms with van der Waals surface area (Å²) in [4.78, 5) is 21.6. The van der Waals surface area contributed by atoms with Gasteiger partial charge >= 0.3 is 0 Å². The number of sulfonamides is 1. The minimum Gasteiger partial charge on any atom is -0.488 e. The maximum absolute atomic E-state index is 12.6. The van der Waals surface area contributed by atoms with Crippen molar-refractivity contribution in [2.45, 2.75) is 20.0 Å². The number of benzene rings is 1. The lowest BCUT2D eigenvalue weighted by atomic mass is 10.2. The van der Waals surface area contributed by atoms with Gasteiger partial charge in [0.15, 0.2) is 11.6 Å². The Labute approximate surface area is 183 Å². The van der Waals surface area contributed by atoms with Crippen LogP contribution < -0.4 is 14.8 Å². The molecule has 2 heterocycles. The molecular formula is C19H19ClN4O4S2. The van der Waals surface area contributed by atoms with E-state index in [1.54, 1.807) is 23.8 Å². The predicted molar refractivity (Wildman–Crippen MR) is 119 cm³/mol. The highest BCUT2D eigenvalue weighted by molar-refractivity contribution is 7.92. The molecule has 0 aliphatic heterocycles. The Hall–Kier alpha value is -2.69. The zero-order valence-corrected chi connectivity index (χ0v) is 18.7. The first-order chi connectivity index (χ1) is 14.1. The fraction of sp³-hybridized carbons (Fsp3) is 0.211. The molecule has 0 atom stereocenters. The van der Waals surface area contributed by atoms with Gasteiger partial charge in [0.25, 0.3) is 5.91 Å². The summed E-state index contributed by atoms with van der Waals surface area (Å²) in [7, 11) is -3.47. The van der Waals surface area contributed by atoms with Crippen molar-refractivity contribution in [3.05, 3.63) is 51.9 Å². The third-order valence-corrected chi connectivity index (χ3v) is 5.29. The van der Waals surface area contributed by atoms with E-state index >= 15 is 0 Å². The average molecular weight is 467 g/mol. The first-order valence-corrected chi connectivity index (χ1v) is 11.9. The summed E-state index contributed by atoms with van der Waals surface area (Å²) < 4.78 is 30.7. The van der Waals surface area contributed by atoms with Gasteiger partial charge in [0.2, 0.25) is 10.0 Å². The van der Waals surface area contributed by atoms with Gasteiger partial charge in [-0.2, -0.15) is 0 Å². The molecule has 0 saturated heterocycles. The summed E-state index contributed by atoms with van der Waals surface area (Å²) in [5, 5.41) is 4.77. The highest BCUT2D eigenvalue weighted by Gasteiger charge is 2.14. The Bertz CT molecular complexity index is 1160. The van der Waals surface area contributed by atoms with Crippen LogP contribution >= 0.6 is 22.9 Å². The topological polar surface area (TPSA) is 110 Å². The molecule has 0 fully saturated rings. The third kappa shape index (κ3) is 6.15. The van der Waals surface area contributed by atoms with E-state index in [0.717, 1.165) is 6.26 Å². The average Bonchev–Trinajstić information content (AvgIpc) is 3.10. The number of aromatic nitrogens is 2. The van der Waals surface area contributed by atoms with Crippen molar-refractivity contribution in [3.63, 3.8) is 0 Å². The second-order valence-electron chi connectivity index (χ2n) is 6.67. The first kappa shape index (κ1) is 22.0. The van der Waals surface area contributed by atoms with Crippen LogP contribution in [0.1, 0.15) is 23.5 Å². The molecule has 0 unspecified atom stereocenters. The van der Waals surface area contributed by atoms with Crippen LogP contribution in [0.4, 0.5) is 11.4 Å². The van der Waals surface area contributed by atoms with Crippen molar-refractivity contribution in [1.82, 2.24) is 9.97 Å². The van der Waals surface area contributed by atoms with E-state index in [2.05, 4.69) is 20.0 Å². The maximum atomic E-state index is 12.6. The molecule has 0 bridgehead atoms. The number of nitrogens with zero attached hydrogens (tertiary/aromatic N) is 2. The number of nitrogens with one attached hydrogen (secondary N) is 2. The monoisotopic (exact) mass is 466 g/mol. The SMILES string of the molecule is CC(C)Oc1cnc(-c2csc(C(=O)Nc3cc(Cl)cc(NS(C)(=O)=O)c3)c2)nc1. The zero-order valence-electron chi connectivity index (χ0n) is 16.3. The summed E-state index contributed by atoms with van der Waals surface area (Å²) in [6.45, 7) is 3.83. The number of hydrogen-bond acceptors (Lipinski definition) is 7. The molecule has 0 spiro atoms. The minimum absolute atomic E-state index is 0.0236. The standard InChI is InChI=1S/C19H19ClN4O4S2/c1-11(2)28-16-8-21-18(22-9-16)12-4-17(29-10-12)19(25)23-14-5-13(20)6-15(7-14)24-30(3,26)27/h4-11,24H,1-3H3,(H,23,25). The van der Waals surface area contributed by atoms with E-state index in [4.69, 9.17) is 16.3 Å². The van der Waals surface area contributed by atoms with E-state index in [9.17, 15) is 13.2 Å². The number of amides is 1. The Balaban J connectivity index is 1.74. The third-order valence-electron chi connectivity index (χ3n) is 3.54. The van der Waals surface area contributed by atoms with Crippen LogP contribution in [0.25, 0.3) is 11.4 Å². The van der Waals surface area contributed by atoms with Crippen LogP contribution in [0, 0.1) is 0 Å². The molecule has 30 heavy (non-hydrogen) atoms. The molecule has 0 radical (unpaired) electrons. The molecule has 1 aromatic carbocycles. The molecule has 3 aromatic rings. The molecule has 0 saturated carbocycles. The lowest BCUT2D eigenvalue weighted by Gasteiger charge is -2.09. The van der Waals surface area contributed by atoms with Gasteiger partial charge in [0, 0.05) is 21.7 Å². The number of ether oxygens (including phenoxy) is 1. The van der Waals surface area contributed by atoms with Gasteiger partial charge in [-0.05, 0) is 38.1 Å².